The number of carbonyl (C=O) groups excluding carboxylic acids is 1. The smallest absolute Gasteiger partial charge is 0.435 e. The molecule has 1 aromatic heterocycles. The maximum atomic E-state index is 14.2. The minimum Gasteiger partial charge on any atom is -0.481 e. The van der Waals surface area contributed by atoms with Crippen LogP contribution in [0.25, 0.3) is 0 Å². The van der Waals surface area contributed by atoms with E-state index in [2.05, 4.69) is 5.10 Å². The number of carboxylic acid groups (broad SMARTS) is 1. The number of carbonyl (C=O) groups is 2. The molecule has 1 aliphatic heterocycles. The zero-order valence-electron chi connectivity index (χ0n) is 18.5. The van der Waals surface area contributed by atoms with Crippen molar-refractivity contribution in [1.82, 2.24) is 14.7 Å². The van der Waals surface area contributed by atoms with E-state index in [1.165, 1.54) is 4.90 Å². The summed E-state index contributed by atoms with van der Waals surface area (Å²) in [6, 6.07) is 0.894. The topological polar surface area (TPSA) is 75.4 Å². The Morgan fingerprint density at radius 1 is 1.03 bits per heavy atom. The molecule has 2 aliphatic rings. The molecule has 35 heavy (non-hydrogen) atoms. The van der Waals surface area contributed by atoms with E-state index in [4.69, 9.17) is 5.11 Å². The molecule has 1 amide bonds. The highest BCUT2D eigenvalue weighted by Crippen LogP contribution is 2.36. The first-order valence-corrected chi connectivity index (χ1v) is 11.2. The summed E-state index contributed by atoms with van der Waals surface area (Å²) in [5, 5.41) is 12.7. The maximum Gasteiger partial charge on any atom is 0.435 e. The molecule has 1 aromatic carbocycles. The van der Waals surface area contributed by atoms with Crippen molar-refractivity contribution < 1.29 is 41.0 Å². The van der Waals surface area contributed by atoms with E-state index < -0.39 is 47.8 Å². The third kappa shape index (κ3) is 5.30. The van der Waals surface area contributed by atoms with E-state index in [1.54, 1.807) is 0 Å². The van der Waals surface area contributed by atoms with Gasteiger partial charge in [0.25, 0.3) is 0 Å². The Hall–Kier alpha value is -3.05. The fourth-order valence-corrected chi connectivity index (χ4v) is 4.89. The number of hydrogen-bond acceptors (Lipinski definition) is 3. The van der Waals surface area contributed by atoms with Gasteiger partial charge in [0.2, 0.25) is 5.91 Å². The summed E-state index contributed by atoms with van der Waals surface area (Å²) in [6.07, 6.45) is -2.64. The number of nitrogens with zero attached hydrogens (tertiary/aromatic N) is 3. The van der Waals surface area contributed by atoms with Crippen LogP contribution in [0.5, 0.6) is 0 Å². The number of aromatic nitrogens is 2. The summed E-state index contributed by atoms with van der Waals surface area (Å²) in [4.78, 5) is 25.4. The number of carboxylic acids is 1. The standard InChI is InChI=1S/C23H23F6N3O3/c24-16-9-18(26)17(25)8-14(16)10-32-19-11-31(6-5-15(19)21(30-32)23(27,28)29)20(33)7-12-1-3-13(4-2-12)22(34)35/h8-9,12-13H,1-7,10-11H2,(H,34,35). The van der Waals surface area contributed by atoms with Gasteiger partial charge in [-0.25, -0.2) is 13.2 Å². The van der Waals surface area contributed by atoms with Gasteiger partial charge in [-0.2, -0.15) is 18.3 Å². The molecule has 4 rings (SSSR count). The van der Waals surface area contributed by atoms with E-state index in [1.807, 2.05) is 0 Å². The molecule has 190 valence electrons. The Bertz CT molecular complexity index is 1140. The van der Waals surface area contributed by atoms with Gasteiger partial charge < -0.3 is 10.0 Å². The van der Waals surface area contributed by atoms with Crippen LogP contribution < -0.4 is 0 Å². The summed E-state index contributed by atoms with van der Waals surface area (Å²) in [5.41, 5.74) is -1.56. The van der Waals surface area contributed by atoms with Crippen LogP contribution >= 0.6 is 0 Å². The van der Waals surface area contributed by atoms with Crippen LogP contribution in [0.3, 0.4) is 0 Å². The summed E-state index contributed by atoms with van der Waals surface area (Å²) in [6.45, 7) is -0.708. The van der Waals surface area contributed by atoms with Gasteiger partial charge in [0.1, 0.15) is 5.82 Å². The van der Waals surface area contributed by atoms with Crippen LogP contribution in [0.4, 0.5) is 26.3 Å². The molecular formula is C23H23F6N3O3. The van der Waals surface area contributed by atoms with Crippen LogP contribution in [-0.2, 0) is 35.3 Å². The average Bonchev–Trinajstić information content (AvgIpc) is 3.16. The molecule has 6 nitrogen and oxygen atoms in total. The van der Waals surface area contributed by atoms with E-state index >= 15 is 0 Å². The van der Waals surface area contributed by atoms with Crippen molar-refractivity contribution in [2.24, 2.45) is 11.8 Å². The van der Waals surface area contributed by atoms with Crippen molar-refractivity contribution in [3.63, 3.8) is 0 Å². The van der Waals surface area contributed by atoms with Gasteiger partial charge in [-0.1, -0.05) is 0 Å². The lowest BCUT2D eigenvalue weighted by molar-refractivity contribution is -0.143. The Kier molecular flexibility index (Phi) is 6.83. The molecule has 1 saturated carbocycles. The molecule has 2 heterocycles. The number of rotatable bonds is 5. The van der Waals surface area contributed by atoms with Crippen molar-refractivity contribution in [3.05, 3.63) is 52.1 Å². The number of alkyl halides is 3. The van der Waals surface area contributed by atoms with Crippen molar-refractivity contribution in [1.29, 1.82) is 0 Å². The molecule has 0 unspecified atom stereocenters. The monoisotopic (exact) mass is 503 g/mol. The zero-order valence-corrected chi connectivity index (χ0v) is 18.5. The van der Waals surface area contributed by atoms with Crippen LogP contribution in [0, 0.1) is 29.3 Å². The SMILES string of the molecule is O=C(O)C1CCC(CC(=O)N2CCc3c(C(F)(F)F)nn(Cc4cc(F)c(F)cc4F)c3C2)CC1. The first kappa shape index (κ1) is 25.1. The first-order chi connectivity index (χ1) is 16.4. The lowest BCUT2D eigenvalue weighted by Crippen LogP contribution is -2.38. The molecule has 0 atom stereocenters. The number of amides is 1. The predicted molar refractivity (Wildman–Crippen MR) is 109 cm³/mol. The summed E-state index contributed by atoms with van der Waals surface area (Å²) in [5.74, 6) is -5.44. The highest BCUT2D eigenvalue weighted by molar-refractivity contribution is 5.77. The van der Waals surface area contributed by atoms with E-state index in [9.17, 15) is 35.9 Å². The lowest BCUT2D eigenvalue weighted by Gasteiger charge is -2.31. The minimum absolute atomic E-state index is 0.00794. The van der Waals surface area contributed by atoms with Crippen LogP contribution in [0.1, 0.15) is 54.6 Å². The molecule has 0 saturated heterocycles. The van der Waals surface area contributed by atoms with Gasteiger partial charge in [-0.05, 0) is 44.1 Å². The number of benzene rings is 1. The van der Waals surface area contributed by atoms with Crippen LogP contribution in [-0.4, -0.2) is 38.2 Å². The molecule has 1 fully saturated rings. The average molecular weight is 503 g/mol. The van der Waals surface area contributed by atoms with E-state index in [0.29, 0.717) is 37.8 Å². The third-order valence-corrected chi connectivity index (χ3v) is 6.83. The van der Waals surface area contributed by atoms with Crippen molar-refractivity contribution in [2.75, 3.05) is 6.54 Å². The predicted octanol–water partition coefficient (Wildman–Crippen LogP) is 4.53. The Morgan fingerprint density at radius 3 is 2.31 bits per heavy atom. The second-order valence-corrected chi connectivity index (χ2v) is 9.11. The van der Waals surface area contributed by atoms with Gasteiger partial charge in [-0.15, -0.1) is 0 Å². The molecule has 1 N–H and O–H groups in total. The third-order valence-electron chi connectivity index (χ3n) is 6.83. The van der Waals surface area contributed by atoms with Gasteiger partial charge in [0, 0.05) is 30.2 Å². The first-order valence-electron chi connectivity index (χ1n) is 11.2. The largest absolute Gasteiger partial charge is 0.481 e. The van der Waals surface area contributed by atoms with E-state index in [0.717, 1.165) is 4.68 Å². The van der Waals surface area contributed by atoms with Crippen molar-refractivity contribution >= 4 is 11.9 Å². The molecule has 0 spiro atoms. The summed E-state index contributed by atoms with van der Waals surface area (Å²) < 4.78 is 82.7. The molecule has 0 radical (unpaired) electrons. The van der Waals surface area contributed by atoms with Gasteiger partial charge >= 0.3 is 12.1 Å². The Labute approximate surface area is 196 Å². The highest BCUT2D eigenvalue weighted by atomic mass is 19.4. The van der Waals surface area contributed by atoms with Crippen molar-refractivity contribution in [2.45, 2.75) is 57.8 Å². The second-order valence-electron chi connectivity index (χ2n) is 9.11. The quantitative estimate of drug-likeness (QED) is 0.481. The zero-order chi connectivity index (χ0) is 25.5. The van der Waals surface area contributed by atoms with Gasteiger partial charge in [0.05, 0.1) is 24.7 Å². The fourth-order valence-electron chi connectivity index (χ4n) is 4.89. The normalized spacial score (nSPS) is 20.6. The van der Waals surface area contributed by atoms with Crippen molar-refractivity contribution in [3.8, 4) is 0 Å². The molecule has 2 aromatic rings. The summed E-state index contributed by atoms with van der Waals surface area (Å²) in [7, 11) is 0. The summed E-state index contributed by atoms with van der Waals surface area (Å²) >= 11 is 0. The molecular weight excluding hydrogens is 480 g/mol. The van der Waals surface area contributed by atoms with Gasteiger partial charge in [-0.3, -0.25) is 14.3 Å². The minimum atomic E-state index is -4.78. The molecule has 1 aliphatic carbocycles. The number of aliphatic carboxylic acids is 1. The Balaban J connectivity index is 1.54. The molecule has 12 heteroatoms. The lowest BCUT2D eigenvalue weighted by atomic mass is 9.80. The molecule has 0 bridgehead atoms. The van der Waals surface area contributed by atoms with E-state index in [-0.39, 0.29) is 54.6 Å². The fraction of sp³-hybridized carbons (Fsp3) is 0.522. The maximum absolute atomic E-state index is 14.2. The number of halogens is 6. The Morgan fingerprint density at radius 2 is 1.69 bits per heavy atom. The van der Waals surface area contributed by atoms with Crippen LogP contribution in [0.2, 0.25) is 0 Å². The number of fused-ring (bicyclic) bond motifs is 1. The number of hydrogen-bond donors (Lipinski definition) is 1. The van der Waals surface area contributed by atoms with Gasteiger partial charge in [0.15, 0.2) is 17.3 Å². The highest BCUT2D eigenvalue weighted by Gasteiger charge is 2.41. The van der Waals surface area contributed by atoms with Crippen LogP contribution in [0.15, 0.2) is 12.1 Å². The second kappa shape index (κ2) is 9.54.